The van der Waals surface area contributed by atoms with E-state index in [2.05, 4.69) is 28.5 Å². The van der Waals surface area contributed by atoms with Crippen LogP contribution in [-0.2, 0) is 11.2 Å². The van der Waals surface area contributed by atoms with Crippen LogP contribution < -0.4 is 5.32 Å². The summed E-state index contributed by atoms with van der Waals surface area (Å²) >= 11 is 0. The number of hydrogen-bond donors (Lipinski definition) is 1. The second-order valence-corrected chi connectivity index (χ2v) is 5.67. The van der Waals surface area contributed by atoms with E-state index in [1.807, 2.05) is 12.3 Å². The molecule has 0 bridgehead atoms. The number of aromatic nitrogens is 1. The van der Waals surface area contributed by atoms with Gasteiger partial charge < -0.3 is 5.32 Å². The summed E-state index contributed by atoms with van der Waals surface area (Å²) in [7, 11) is 0. The van der Waals surface area contributed by atoms with Crippen molar-refractivity contribution < 1.29 is 4.79 Å². The van der Waals surface area contributed by atoms with Crippen LogP contribution in [0.25, 0.3) is 11.1 Å². The van der Waals surface area contributed by atoms with Gasteiger partial charge in [0.05, 0.1) is 5.69 Å². The molecule has 0 radical (unpaired) electrons. The number of benzene rings is 1. The molecule has 1 saturated carbocycles. The number of carbonyl (C=O) groups excluding carboxylic acids is 1. The molecule has 4 rings (SSSR count). The van der Waals surface area contributed by atoms with Gasteiger partial charge in [0.2, 0.25) is 5.91 Å². The number of hydrogen-bond acceptors (Lipinski definition) is 2. The first-order chi connectivity index (χ1) is 9.81. The number of anilines is 1. The van der Waals surface area contributed by atoms with Crippen LogP contribution in [0.3, 0.4) is 0 Å². The molecule has 1 fully saturated rings. The first-order valence-corrected chi connectivity index (χ1v) is 7.18. The summed E-state index contributed by atoms with van der Waals surface area (Å²) in [4.78, 5) is 15.9. The summed E-state index contributed by atoms with van der Waals surface area (Å²) in [5, 5.41) is 3.05. The third kappa shape index (κ3) is 1.99. The molecular weight excluding hydrogens is 248 g/mol. The van der Waals surface area contributed by atoms with Crippen LogP contribution >= 0.6 is 0 Å². The summed E-state index contributed by atoms with van der Waals surface area (Å²) in [5.74, 6) is 0.829. The summed E-state index contributed by atoms with van der Waals surface area (Å²) in [5.41, 5.74) is 5.87. The summed E-state index contributed by atoms with van der Waals surface area (Å²) in [6.45, 7) is 0. The predicted molar refractivity (Wildman–Crippen MR) is 78.6 cm³/mol. The van der Waals surface area contributed by atoms with Crippen LogP contribution in [0.2, 0.25) is 0 Å². The van der Waals surface area contributed by atoms with E-state index in [0.717, 1.165) is 23.2 Å². The van der Waals surface area contributed by atoms with Crippen molar-refractivity contribution in [3.63, 3.8) is 0 Å². The third-order valence-electron chi connectivity index (χ3n) is 4.15. The summed E-state index contributed by atoms with van der Waals surface area (Å²) in [6.07, 6.45) is 7.66. The van der Waals surface area contributed by atoms with Gasteiger partial charge in [-0.3, -0.25) is 9.78 Å². The molecule has 0 saturated heterocycles. The quantitative estimate of drug-likeness (QED) is 0.901. The normalized spacial score (nSPS) is 17.5. The molecule has 20 heavy (non-hydrogen) atoms. The van der Waals surface area contributed by atoms with Gasteiger partial charge in [0, 0.05) is 29.9 Å². The maximum atomic E-state index is 11.7. The van der Waals surface area contributed by atoms with Crippen LogP contribution in [-0.4, -0.2) is 10.9 Å². The van der Waals surface area contributed by atoms with Crippen molar-refractivity contribution in [1.82, 2.24) is 4.98 Å². The highest BCUT2D eigenvalue weighted by atomic mass is 16.1. The van der Waals surface area contributed by atoms with Crippen LogP contribution in [0.4, 0.5) is 5.69 Å². The number of pyridine rings is 1. The molecule has 1 N–H and O–H groups in total. The first kappa shape index (κ1) is 11.6. The zero-order valence-electron chi connectivity index (χ0n) is 11.2. The van der Waals surface area contributed by atoms with Gasteiger partial charge in [-0.25, -0.2) is 0 Å². The fraction of sp³-hybridized carbons (Fsp3) is 0.294. The average Bonchev–Trinajstić information content (AvgIpc) is 3.32. The molecular formula is C17H16N2O. The second kappa shape index (κ2) is 4.44. The van der Waals surface area contributed by atoms with Gasteiger partial charge in [0.15, 0.2) is 0 Å². The van der Waals surface area contributed by atoms with Crippen molar-refractivity contribution in [3.05, 3.63) is 47.8 Å². The molecule has 2 heterocycles. The topological polar surface area (TPSA) is 42.0 Å². The van der Waals surface area contributed by atoms with Crippen LogP contribution in [0.5, 0.6) is 0 Å². The minimum Gasteiger partial charge on any atom is -0.325 e. The molecule has 100 valence electrons. The minimum absolute atomic E-state index is 0.113. The van der Waals surface area contributed by atoms with Gasteiger partial charge in [-0.05, 0) is 48.4 Å². The van der Waals surface area contributed by atoms with E-state index in [4.69, 9.17) is 0 Å². The molecule has 0 atom stereocenters. The van der Waals surface area contributed by atoms with E-state index in [1.54, 1.807) is 6.20 Å². The van der Waals surface area contributed by atoms with Crippen molar-refractivity contribution in [1.29, 1.82) is 0 Å². The van der Waals surface area contributed by atoms with Crippen molar-refractivity contribution in [2.45, 2.75) is 31.6 Å². The SMILES string of the molecule is O=C1CCc2cc(C3CC3)cc(-c3cccnc3)c2N1. The lowest BCUT2D eigenvalue weighted by Gasteiger charge is -2.22. The van der Waals surface area contributed by atoms with Gasteiger partial charge in [0.1, 0.15) is 0 Å². The zero-order valence-corrected chi connectivity index (χ0v) is 11.2. The molecule has 0 unspecified atom stereocenters. The fourth-order valence-corrected chi connectivity index (χ4v) is 2.92. The number of aryl methyl sites for hydroxylation is 1. The Morgan fingerprint density at radius 3 is 2.85 bits per heavy atom. The van der Waals surface area contributed by atoms with Crippen molar-refractivity contribution in [3.8, 4) is 11.1 Å². The van der Waals surface area contributed by atoms with E-state index < -0.39 is 0 Å². The number of carbonyl (C=O) groups is 1. The molecule has 1 aromatic carbocycles. The van der Waals surface area contributed by atoms with Crippen LogP contribution in [0, 0.1) is 0 Å². The summed E-state index contributed by atoms with van der Waals surface area (Å²) in [6, 6.07) is 8.52. The van der Waals surface area contributed by atoms with E-state index in [1.165, 1.54) is 24.0 Å². The maximum Gasteiger partial charge on any atom is 0.224 e. The van der Waals surface area contributed by atoms with Crippen LogP contribution in [0.1, 0.15) is 36.3 Å². The number of nitrogens with one attached hydrogen (secondary N) is 1. The van der Waals surface area contributed by atoms with Gasteiger partial charge >= 0.3 is 0 Å². The zero-order chi connectivity index (χ0) is 13.5. The third-order valence-corrected chi connectivity index (χ3v) is 4.15. The molecule has 0 spiro atoms. The Hall–Kier alpha value is -2.16. The molecule has 2 aromatic rings. The second-order valence-electron chi connectivity index (χ2n) is 5.67. The number of amides is 1. The Kier molecular flexibility index (Phi) is 2.59. The van der Waals surface area contributed by atoms with Crippen molar-refractivity contribution in [2.75, 3.05) is 5.32 Å². The highest BCUT2D eigenvalue weighted by Crippen LogP contribution is 2.44. The van der Waals surface area contributed by atoms with Gasteiger partial charge in [-0.15, -0.1) is 0 Å². The highest BCUT2D eigenvalue weighted by Gasteiger charge is 2.27. The average molecular weight is 264 g/mol. The van der Waals surface area contributed by atoms with Gasteiger partial charge in [-0.2, -0.15) is 0 Å². The van der Waals surface area contributed by atoms with Crippen molar-refractivity contribution >= 4 is 11.6 Å². The largest absolute Gasteiger partial charge is 0.325 e. The Morgan fingerprint density at radius 1 is 1.20 bits per heavy atom. The lowest BCUT2D eigenvalue weighted by atomic mass is 9.92. The Balaban J connectivity index is 1.90. The molecule has 2 aliphatic rings. The highest BCUT2D eigenvalue weighted by molar-refractivity contribution is 5.99. The smallest absolute Gasteiger partial charge is 0.224 e. The first-order valence-electron chi connectivity index (χ1n) is 7.18. The van der Waals surface area contributed by atoms with E-state index in [9.17, 15) is 4.79 Å². The number of fused-ring (bicyclic) bond motifs is 1. The van der Waals surface area contributed by atoms with E-state index in [0.29, 0.717) is 12.3 Å². The monoisotopic (exact) mass is 264 g/mol. The molecule has 1 aromatic heterocycles. The Morgan fingerprint density at radius 2 is 2.10 bits per heavy atom. The Labute approximate surface area is 118 Å². The van der Waals surface area contributed by atoms with E-state index >= 15 is 0 Å². The summed E-state index contributed by atoms with van der Waals surface area (Å²) < 4.78 is 0. The van der Waals surface area contributed by atoms with Crippen molar-refractivity contribution in [2.24, 2.45) is 0 Å². The van der Waals surface area contributed by atoms with Crippen LogP contribution in [0.15, 0.2) is 36.7 Å². The van der Waals surface area contributed by atoms with E-state index in [-0.39, 0.29) is 5.91 Å². The standard InChI is InChI=1S/C17H16N2O/c20-16-6-5-12-8-14(11-3-4-11)9-15(17(12)19-16)13-2-1-7-18-10-13/h1-2,7-11H,3-6H2,(H,19,20). The molecule has 1 aliphatic carbocycles. The minimum atomic E-state index is 0.113. The predicted octanol–water partition coefficient (Wildman–Crippen LogP) is 3.51. The molecule has 1 amide bonds. The lowest BCUT2D eigenvalue weighted by Crippen LogP contribution is -2.20. The molecule has 3 heteroatoms. The molecule has 1 aliphatic heterocycles. The fourth-order valence-electron chi connectivity index (χ4n) is 2.92. The number of nitrogens with zero attached hydrogens (tertiary/aromatic N) is 1. The molecule has 3 nitrogen and oxygen atoms in total. The van der Waals surface area contributed by atoms with Gasteiger partial charge in [-0.1, -0.05) is 12.1 Å². The maximum absolute atomic E-state index is 11.7. The van der Waals surface area contributed by atoms with Gasteiger partial charge in [0.25, 0.3) is 0 Å². The number of rotatable bonds is 2. The Bertz CT molecular complexity index is 675. The lowest BCUT2D eigenvalue weighted by molar-refractivity contribution is -0.116.